The first-order chi connectivity index (χ1) is 11.5. The van der Waals surface area contributed by atoms with E-state index in [1.165, 1.54) is 13.8 Å². The van der Waals surface area contributed by atoms with Gasteiger partial charge in [-0.2, -0.15) is 0 Å². The van der Waals surface area contributed by atoms with E-state index in [1.54, 1.807) is 6.07 Å². The molecule has 0 fully saturated rings. The third-order valence-electron chi connectivity index (χ3n) is 4.08. The third kappa shape index (κ3) is 2.95. The van der Waals surface area contributed by atoms with Gasteiger partial charge in [-0.1, -0.05) is 30.3 Å². The molecule has 3 aromatic rings. The number of Topliss-reactive ketones (excluding diaryl/α,β-unsaturated/α-hetero) is 2. The van der Waals surface area contributed by atoms with Crippen LogP contribution < -0.4 is 4.74 Å². The van der Waals surface area contributed by atoms with Crippen molar-refractivity contribution < 1.29 is 14.3 Å². The van der Waals surface area contributed by atoms with Gasteiger partial charge in [0, 0.05) is 23.2 Å². The van der Waals surface area contributed by atoms with Crippen LogP contribution in [-0.4, -0.2) is 16.6 Å². The van der Waals surface area contributed by atoms with E-state index < -0.39 is 6.10 Å². The van der Waals surface area contributed by atoms with Crippen molar-refractivity contribution in [2.24, 2.45) is 0 Å². The lowest BCUT2D eigenvalue weighted by Gasteiger charge is -2.19. The van der Waals surface area contributed by atoms with Crippen LogP contribution in [-0.2, 0) is 4.79 Å². The molecule has 24 heavy (non-hydrogen) atoms. The molecule has 0 saturated carbocycles. The minimum Gasteiger partial charge on any atom is -0.477 e. The third-order valence-corrected chi connectivity index (χ3v) is 4.08. The van der Waals surface area contributed by atoms with E-state index in [0.29, 0.717) is 11.3 Å². The fraction of sp³-hybridized carbons (Fsp3) is 0.200. The lowest BCUT2D eigenvalue weighted by Crippen LogP contribution is -2.17. The van der Waals surface area contributed by atoms with E-state index in [0.717, 1.165) is 22.0 Å². The number of carbonyl (C=O) groups excluding carboxylic acids is 2. The van der Waals surface area contributed by atoms with Crippen molar-refractivity contribution in [1.29, 1.82) is 0 Å². The number of carbonyl (C=O) groups is 2. The molecular weight excluding hydrogens is 302 g/mol. The zero-order chi connectivity index (χ0) is 17.3. The minimum absolute atomic E-state index is 0.0946. The molecule has 2 aromatic carbocycles. The number of fused-ring (bicyclic) bond motifs is 1. The Hall–Kier alpha value is -2.88. The van der Waals surface area contributed by atoms with Crippen molar-refractivity contribution in [3.63, 3.8) is 0 Å². The molecule has 1 N–H and O–H groups in total. The number of hydrogen-bond acceptors (Lipinski definition) is 3. The zero-order valence-electron chi connectivity index (χ0n) is 13.9. The average Bonchev–Trinajstić information content (AvgIpc) is 2.92. The molecule has 122 valence electrons. The molecule has 1 heterocycles. The summed E-state index contributed by atoms with van der Waals surface area (Å²) in [6.07, 6.45) is 1.15. The normalized spacial score (nSPS) is 12.1. The van der Waals surface area contributed by atoms with Gasteiger partial charge in [-0.25, -0.2) is 0 Å². The number of benzene rings is 2. The Morgan fingerprint density at radius 3 is 2.42 bits per heavy atom. The molecule has 0 aliphatic carbocycles. The van der Waals surface area contributed by atoms with Gasteiger partial charge in [-0.3, -0.25) is 9.59 Å². The Bertz CT molecular complexity index is 909. The molecule has 0 aliphatic heterocycles. The summed E-state index contributed by atoms with van der Waals surface area (Å²) in [6, 6.07) is 12.9. The summed E-state index contributed by atoms with van der Waals surface area (Å²) in [6.45, 7) is 4.97. The number of rotatable bonds is 5. The Kier molecular flexibility index (Phi) is 4.21. The van der Waals surface area contributed by atoms with E-state index in [2.05, 4.69) is 4.98 Å². The number of aromatic nitrogens is 1. The lowest BCUT2D eigenvalue weighted by molar-refractivity contribution is -0.123. The molecule has 1 atom stereocenters. The fourth-order valence-corrected chi connectivity index (χ4v) is 2.80. The van der Waals surface area contributed by atoms with Gasteiger partial charge in [0.25, 0.3) is 0 Å². The largest absolute Gasteiger partial charge is 0.477 e. The number of ketones is 2. The first-order valence-electron chi connectivity index (χ1n) is 7.82. The monoisotopic (exact) mass is 321 g/mol. The van der Waals surface area contributed by atoms with Gasteiger partial charge < -0.3 is 9.72 Å². The van der Waals surface area contributed by atoms with Crippen LogP contribution in [0, 0.1) is 6.92 Å². The molecular formula is C20H19NO3. The molecule has 4 heteroatoms. The molecule has 0 bridgehead atoms. The average molecular weight is 321 g/mol. The highest BCUT2D eigenvalue weighted by atomic mass is 16.5. The number of H-pyrrole nitrogens is 1. The highest BCUT2D eigenvalue weighted by molar-refractivity contribution is 6.01. The Labute approximate surface area is 140 Å². The predicted molar refractivity (Wildman–Crippen MR) is 93.5 cm³/mol. The summed E-state index contributed by atoms with van der Waals surface area (Å²) in [5.41, 5.74) is 3.18. The molecule has 0 saturated heterocycles. The van der Waals surface area contributed by atoms with Crippen LogP contribution in [0.15, 0.2) is 48.7 Å². The number of ether oxygens (including phenoxy) is 1. The molecule has 3 rings (SSSR count). The second-order valence-electron chi connectivity index (χ2n) is 5.94. The summed E-state index contributed by atoms with van der Waals surface area (Å²) >= 11 is 0. The quantitative estimate of drug-likeness (QED) is 0.709. The van der Waals surface area contributed by atoms with Crippen LogP contribution in [0.2, 0.25) is 0 Å². The lowest BCUT2D eigenvalue weighted by atomic mass is 10.0. The maximum absolute atomic E-state index is 12.1. The smallest absolute Gasteiger partial charge is 0.181 e. The maximum atomic E-state index is 12.1. The van der Waals surface area contributed by atoms with Crippen molar-refractivity contribution in [1.82, 2.24) is 4.98 Å². The first-order valence-corrected chi connectivity index (χ1v) is 7.82. The molecule has 0 amide bonds. The van der Waals surface area contributed by atoms with Gasteiger partial charge in [0.15, 0.2) is 17.7 Å². The van der Waals surface area contributed by atoms with E-state index >= 15 is 0 Å². The number of nitrogens with one attached hydrogen (secondary N) is 1. The second kappa shape index (κ2) is 6.32. The molecule has 0 spiro atoms. The van der Waals surface area contributed by atoms with Gasteiger partial charge >= 0.3 is 0 Å². The van der Waals surface area contributed by atoms with Crippen molar-refractivity contribution in [3.05, 3.63) is 65.4 Å². The van der Waals surface area contributed by atoms with E-state index in [-0.39, 0.29) is 11.6 Å². The van der Waals surface area contributed by atoms with E-state index in [4.69, 9.17) is 4.74 Å². The molecule has 0 radical (unpaired) electrons. The van der Waals surface area contributed by atoms with Gasteiger partial charge in [-0.05, 0) is 38.0 Å². The Morgan fingerprint density at radius 1 is 1.08 bits per heavy atom. The second-order valence-corrected chi connectivity index (χ2v) is 5.94. The summed E-state index contributed by atoms with van der Waals surface area (Å²) in [7, 11) is 0. The predicted octanol–water partition coefficient (Wildman–Crippen LogP) is 4.39. The highest BCUT2D eigenvalue weighted by Gasteiger charge is 2.22. The number of aryl methyl sites for hydroxylation is 1. The Balaban J connectivity index is 2.08. The summed E-state index contributed by atoms with van der Waals surface area (Å²) in [5, 5.41) is 0.978. The van der Waals surface area contributed by atoms with E-state index in [1.807, 2.05) is 49.5 Å². The van der Waals surface area contributed by atoms with Crippen LogP contribution in [0.3, 0.4) is 0 Å². The van der Waals surface area contributed by atoms with Crippen LogP contribution in [0.4, 0.5) is 0 Å². The van der Waals surface area contributed by atoms with E-state index in [9.17, 15) is 9.59 Å². The maximum Gasteiger partial charge on any atom is 0.181 e. The minimum atomic E-state index is -0.738. The van der Waals surface area contributed by atoms with Gasteiger partial charge in [-0.15, -0.1) is 0 Å². The van der Waals surface area contributed by atoms with Gasteiger partial charge in [0.05, 0.1) is 5.56 Å². The SMILES string of the molecule is CC(=O)c1cc2c(C)c[nH]c2cc1OC(C(C)=O)c1ccccc1. The highest BCUT2D eigenvalue weighted by Crippen LogP contribution is 2.31. The number of aromatic amines is 1. The molecule has 1 aromatic heterocycles. The van der Waals surface area contributed by atoms with Crippen LogP contribution >= 0.6 is 0 Å². The summed E-state index contributed by atoms with van der Waals surface area (Å²) in [4.78, 5) is 27.3. The van der Waals surface area contributed by atoms with Crippen molar-refractivity contribution in [2.75, 3.05) is 0 Å². The standard InChI is InChI=1S/C20H19NO3/c1-12-11-21-18-10-19(17(13(2)22)9-16(12)18)24-20(14(3)23)15-7-5-4-6-8-15/h4-11,20-21H,1-3H3. The van der Waals surface area contributed by atoms with Crippen molar-refractivity contribution in [2.45, 2.75) is 26.9 Å². The van der Waals surface area contributed by atoms with Crippen molar-refractivity contribution >= 4 is 22.5 Å². The van der Waals surface area contributed by atoms with Crippen molar-refractivity contribution in [3.8, 4) is 5.75 Å². The molecule has 1 unspecified atom stereocenters. The fourth-order valence-electron chi connectivity index (χ4n) is 2.80. The molecule has 0 aliphatic rings. The van der Waals surface area contributed by atoms with Gasteiger partial charge in [0.1, 0.15) is 5.75 Å². The van der Waals surface area contributed by atoms with Crippen LogP contribution in [0.1, 0.15) is 41.4 Å². The van der Waals surface area contributed by atoms with Crippen LogP contribution in [0.25, 0.3) is 10.9 Å². The summed E-state index contributed by atoms with van der Waals surface area (Å²) in [5.74, 6) is 0.210. The number of hydrogen-bond donors (Lipinski definition) is 1. The van der Waals surface area contributed by atoms with Crippen LogP contribution in [0.5, 0.6) is 5.75 Å². The molecule has 4 nitrogen and oxygen atoms in total. The zero-order valence-corrected chi connectivity index (χ0v) is 13.9. The first kappa shape index (κ1) is 16.0. The summed E-state index contributed by atoms with van der Waals surface area (Å²) < 4.78 is 5.98. The van der Waals surface area contributed by atoms with Gasteiger partial charge in [0.2, 0.25) is 0 Å². The Morgan fingerprint density at radius 2 is 1.79 bits per heavy atom. The topological polar surface area (TPSA) is 59.2 Å².